The molecule has 1 aliphatic carbocycles. The summed E-state index contributed by atoms with van der Waals surface area (Å²) in [4.78, 5) is 28.1. The summed E-state index contributed by atoms with van der Waals surface area (Å²) in [5.74, 6) is 2.99. The number of terminal acetylenes is 1. The summed E-state index contributed by atoms with van der Waals surface area (Å²) in [6.45, 7) is 2.69. The van der Waals surface area contributed by atoms with Gasteiger partial charge in [0.1, 0.15) is 29.5 Å². The van der Waals surface area contributed by atoms with Gasteiger partial charge >= 0.3 is 0 Å². The summed E-state index contributed by atoms with van der Waals surface area (Å²) in [6, 6.07) is 3.88. The van der Waals surface area contributed by atoms with Crippen LogP contribution in [0.5, 0.6) is 0 Å². The predicted octanol–water partition coefficient (Wildman–Crippen LogP) is 3.60. The molecule has 0 aromatic carbocycles. The third kappa shape index (κ3) is 3.72. The average Bonchev–Trinajstić information content (AvgIpc) is 3.47. The van der Waals surface area contributed by atoms with Crippen molar-refractivity contribution in [3.8, 4) is 29.7 Å². The van der Waals surface area contributed by atoms with Gasteiger partial charge in [-0.15, -0.1) is 6.42 Å². The molecule has 2 N–H and O–H groups in total. The molecule has 3 aromatic heterocycles. The van der Waals surface area contributed by atoms with Gasteiger partial charge in [0, 0.05) is 36.8 Å². The predicted molar refractivity (Wildman–Crippen MR) is 134 cm³/mol. The highest BCUT2D eigenvalue weighted by atomic mass is 16.2. The number of nitriles is 1. The number of hydrogen-bond acceptors (Lipinski definition) is 6. The Hall–Kier alpha value is -4.17. The van der Waals surface area contributed by atoms with Crippen molar-refractivity contribution in [2.45, 2.75) is 45.1 Å². The van der Waals surface area contributed by atoms with Crippen LogP contribution in [0.4, 0.5) is 5.82 Å². The minimum atomic E-state index is -0.295. The van der Waals surface area contributed by atoms with Crippen molar-refractivity contribution in [2.75, 3.05) is 12.3 Å². The first kappa shape index (κ1) is 22.6. The Kier molecular flexibility index (Phi) is 5.74. The Labute approximate surface area is 204 Å². The number of hydrogen-bond donors (Lipinski definition) is 1. The number of carbonyl (C=O) groups is 1. The molecule has 5 rings (SSSR count). The van der Waals surface area contributed by atoms with Crippen LogP contribution in [-0.4, -0.2) is 42.9 Å². The van der Waals surface area contributed by atoms with Gasteiger partial charge in [-0.3, -0.25) is 4.79 Å². The Bertz CT molecular complexity index is 1450. The van der Waals surface area contributed by atoms with Gasteiger partial charge in [0.05, 0.1) is 17.1 Å². The zero-order valence-electron chi connectivity index (χ0n) is 20.0. The van der Waals surface area contributed by atoms with Gasteiger partial charge in [-0.05, 0) is 56.2 Å². The number of aromatic nitrogens is 4. The lowest BCUT2D eigenvalue weighted by atomic mass is 9.84. The fourth-order valence-electron chi connectivity index (χ4n) is 5.47. The summed E-state index contributed by atoms with van der Waals surface area (Å²) in [5, 5.41) is 10.2. The molecule has 4 heterocycles. The van der Waals surface area contributed by atoms with Crippen LogP contribution in [0.25, 0.3) is 27.9 Å². The fourth-order valence-corrected chi connectivity index (χ4v) is 5.47. The van der Waals surface area contributed by atoms with Crippen molar-refractivity contribution >= 4 is 28.3 Å². The molecule has 1 fully saturated rings. The van der Waals surface area contributed by atoms with Gasteiger partial charge in [-0.2, -0.15) is 5.26 Å². The number of likely N-dealkylation sites (tertiary alicyclic amines) is 1. The van der Waals surface area contributed by atoms with E-state index >= 15 is 0 Å². The largest absolute Gasteiger partial charge is 0.383 e. The number of anilines is 1. The highest BCUT2D eigenvalue weighted by Crippen LogP contribution is 2.43. The van der Waals surface area contributed by atoms with Gasteiger partial charge in [0.2, 0.25) is 5.91 Å². The molecule has 2 atom stereocenters. The van der Waals surface area contributed by atoms with E-state index in [1.54, 1.807) is 11.1 Å². The normalized spacial score (nSPS) is 19.9. The summed E-state index contributed by atoms with van der Waals surface area (Å²) in [5.41, 5.74) is 12.7. The average molecular weight is 466 g/mol. The molecule has 2 aliphatic rings. The van der Waals surface area contributed by atoms with Gasteiger partial charge in [-0.25, -0.2) is 15.0 Å². The number of amides is 1. The molecule has 1 saturated heterocycles. The zero-order valence-corrected chi connectivity index (χ0v) is 20.0. The molecule has 0 radical (unpaired) electrons. The molecule has 176 valence electrons. The molecule has 0 spiro atoms. The Morgan fingerprint density at radius 1 is 1.29 bits per heavy atom. The molecule has 8 nitrogen and oxygen atoms in total. The van der Waals surface area contributed by atoms with Gasteiger partial charge < -0.3 is 15.2 Å². The SMILES string of the molecule is C#Cc1cc(C)c(-c2c(C3=CC[C@@H](C(=O)N4CCCC4C#N)CC3)c3c(N)ncnc3n2C)cn1. The summed E-state index contributed by atoms with van der Waals surface area (Å²) < 4.78 is 2.03. The van der Waals surface area contributed by atoms with Crippen LogP contribution in [0.1, 0.15) is 48.9 Å². The molecular formula is C27H27N7O. The van der Waals surface area contributed by atoms with E-state index in [0.717, 1.165) is 64.7 Å². The highest BCUT2D eigenvalue weighted by Gasteiger charge is 2.34. The van der Waals surface area contributed by atoms with Crippen LogP contribution in [0, 0.1) is 36.5 Å². The van der Waals surface area contributed by atoms with E-state index in [2.05, 4.69) is 33.0 Å². The van der Waals surface area contributed by atoms with E-state index in [-0.39, 0.29) is 17.9 Å². The van der Waals surface area contributed by atoms with E-state index < -0.39 is 0 Å². The molecule has 8 heteroatoms. The standard InChI is InChI=1S/C27H27N7O/c1-4-19-12-16(2)21(14-30-19)24-22(23-25(29)31-15-32-26(23)33(24)3)17-7-9-18(10-8-17)27(35)34-11-5-6-20(34)13-28/h1,7,12,14-15,18,20H,5-6,8-11H2,2-3H3,(H2,29,31,32)/t18-,20?/m1/s1. The van der Waals surface area contributed by atoms with Crippen LogP contribution in [0.2, 0.25) is 0 Å². The lowest BCUT2D eigenvalue weighted by Crippen LogP contribution is -2.39. The molecule has 1 unspecified atom stereocenters. The summed E-state index contributed by atoms with van der Waals surface area (Å²) >= 11 is 0. The smallest absolute Gasteiger partial charge is 0.227 e. The number of nitrogen functional groups attached to an aromatic ring is 1. The van der Waals surface area contributed by atoms with Crippen LogP contribution < -0.4 is 5.73 Å². The Morgan fingerprint density at radius 2 is 2.11 bits per heavy atom. The van der Waals surface area contributed by atoms with E-state index in [0.29, 0.717) is 24.5 Å². The van der Waals surface area contributed by atoms with E-state index in [9.17, 15) is 10.1 Å². The minimum absolute atomic E-state index is 0.0928. The van der Waals surface area contributed by atoms with Crippen LogP contribution in [-0.2, 0) is 11.8 Å². The first-order chi connectivity index (χ1) is 16.9. The van der Waals surface area contributed by atoms with Crippen molar-refractivity contribution in [3.05, 3.63) is 41.5 Å². The highest BCUT2D eigenvalue weighted by molar-refractivity contribution is 6.04. The third-order valence-electron chi connectivity index (χ3n) is 7.28. The van der Waals surface area contributed by atoms with Crippen molar-refractivity contribution in [3.63, 3.8) is 0 Å². The first-order valence-electron chi connectivity index (χ1n) is 11.9. The van der Waals surface area contributed by atoms with Crippen molar-refractivity contribution in [1.29, 1.82) is 5.26 Å². The lowest BCUT2D eigenvalue weighted by molar-refractivity contribution is -0.135. The van der Waals surface area contributed by atoms with Crippen molar-refractivity contribution in [2.24, 2.45) is 13.0 Å². The number of allylic oxidation sites excluding steroid dienone is 2. The number of carbonyl (C=O) groups excluding carboxylic acids is 1. The van der Waals surface area contributed by atoms with Crippen LogP contribution in [0.15, 0.2) is 24.7 Å². The fraction of sp³-hybridized carbons (Fsp3) is 0.370. The second kappa shape index (κ2) is 8.88. The van der Waals surface area contributed by atoms with Gasteiger partial charge in [0.15, 0.2) is 0 Å². The topological polar surface area (TPSA) is 114 Å². The van der Waals surface area contributed by atoms with E-state index in [1.165, 1.54) is 6.33 Å². The molecule has 1 amide bonds. The number of nitrogens with zero attached hydrogens (tertiary/aromatic N) is 6. The second-order valence-corrected chi connectivity index (χ2v) is 9.29. The Balaban J connectivity index is 1.58. The number of rotatable bonds is 3. The zero-order chi connectivity index (χ0) is 24.7. The molecular weight excluding hydrogens is 438 g/mol. The summed E-state index contributed by atoms with van der Waals surface area (Å²) in [6.07, 6.45) is 14.7. The third-order valence-corrected chi connectivity index (χ3v) is 7.28. The molecule has 0 saturated carbocycles. The summed E-state index contributed by atoms with van der Waals surface area (Å²) in [7, 11) is 1.97. The molecule has 35 heavy (non-hydrogen) atoms. The molecule has 0 bridgehead atoms. The van der Waals surface area contributed by atoms with Gasteiger partial charge in [0.25, 0.3) is 0 Å². The maximum atomic E-state index is 13.2. The number of nitrogens with two attached hydrogens (primary N) is 1. The van der Waals surface area contributed by atoms with E-state index in [1.807, 2.05) is 24.6 Å². The van der Waals surface area contributed by atoms with Gasteiger partial charge in [-0.1, -0.05) is 12.0 Å². The number of aryl methyl sites for hydroxylation is 2. The maximum Gasteiger partial charge on any atom is 0.227 e. The van der Waals surface area contributed by atoms with Crippen molar-refractivity contribution in [1.82, 2.24) is 24.4 Å². The van der Waals surface area contributed by atoms with Crippen LogP contribution >= 0.6 is 0 Å². The van der Waals surface area contributed by atoms with Crippen molar-refractivity contribution < 1.29 is 4.79 Å². The monoisotopic (exact) mass is 465 g/mol. The van der Waals surface area contributed by atoms with Crippen LogP contribution in [0.3, 0.4) is 0 Å². The second-order valence-electron chi connectivity index (χ2n) is 9.29. The number of fused-ring (bicyclic) bond motifs is 1. The first-order valence-corrected chi connectivity index (χ1v) is 11.9. The lowest BCUT2D eigenvalue weighted by Gasteiger charge is -2.28. The minimum Gasteiger partial charge on any atom is -0.383 e. The Morgan fingerprint density at radius 3 is 2.80 bits per heavy atom. The number of pyridine rings is 1. The molecule has 3 aromatic rings. The quantitative estimate of drug-likeness (QED) is 0.591. The van der Waals surface area contributed by atoms with E-state index in [4.69, 9.17) is 12.2 Å². The maximum absolute atomic E-state index is 13.2. The molecule has 1 aliphatic heterocycles.